The summed E-state index contributed by atoms with van der Waals surface area (Å²) in [6.45, 7) is 2.32. The lowest BCUT2D eigenvalue weighted by molar-refractivity contribution is -0.140. The van der Waals surface area contributed by atoms with Gasteiger partial charge in [0.15, 0.2) is 0 Å². The van der Waals surface area contributed by atoms with E-state index in [-0.39, 0.29) is 30.3 Å². The third-order valence-corrected chi connectivity index (χ3v) is 6.60. The highest BCUT2D eigenvalue weighted by molar-refractivity contribution is 7.12. The first-order valence-electron chi connectivity index (χ1n) is 11.4. The highest BCUT2D eigenvalue weighted by atomic mass is 32.1. The summed E-state index contributed by atoms with van der Waals surface area (Å²) in [4.78, 5) is 45.3. The fraction of sp³-hybridized carbons (Fsp3) is 0.500. The molecule has 0 spiro atoms. The largest absolute Gasteiger partial charge is 0.351 e. The minimum absolute atomic E-state index is 0.136. The lowest BCUT2D eigenvalue weighted by Gasteiger charge is -2.33. The molecule has 0 unspecified atom stereocenters. The van der Waals surface area contributed by atoms with Gasteiger partial charge < -0.3 is 15.5 Å². The molecule has 3 rings (SSSR count). The molecule has 2 N–H and O–H groups in total. The summed E-state index contributed by atoms with van der Waals surface area (Å²) in [6.07, 6.45) is 10.3. The molecule has 1 atom stereocenters. The lowest BCUT2D eigenvalue weighted by atomic mass is 9.95. The van der Waals surface area contributed by atoms with E-state index in [0.29, 0.717) is 17.0 Å². The molecule has 1 saturated carbocycles. The maximum Gasteiger partial charge on any atom is 0.261 e. The van der Waals surface area contributed by atoms with Gasteiger partial charge in [-0.25, -0.2) is 0 Å². The normalized spacial score (nSPS) is 15.0. The van der Waals surface area contributed by atoms with Crippen molar-refractivity contribution in [2.24, 2.45) is 0 Å². The van der Waals surface area contributed by atoms with Crippen LogP contribution in [0.5, 0.6) is 0 Å². The summed E-state index contributed by atoms with van der Waals surface area (Å²) in [5.74, 6) is -0.747. The van der Waals surface area contributed by atoms with Crippen molar-refractivity contribution in [2.75, 3.05) is 13.1 Å². The van der Waals surface area contributed by atoms with E-state index in [1.54, 1.807) is 35.5 Å². The van der Waals surface area contributed by atoms with Gasteiger partial charge in [0, 0.05) is 30.5 Å². The van der Waals surface area contributed by atoms with Crippen LogP contribution in [0, 0.1) is 0 Å². The Kier molecular flexibility index (Phi) is 9.22. The zero-order valence-corrected chi connectivity index (χ0v) is 19.4. The Morgan fingerprint density at radius 1 is 1.19 bits per heavy atom. The number of hydrogen-bond acceptors (Lipinski definition) is 5. The average molecular weight is 457 g/mol. The maximum absolute atomic E-state index is 13.4. The smallest absolute Gasteiger partial charge is 0.261 e. The van der Waals surface area contributed by atoms with Crippen LogP contribution >= 0.6 is 11.3 Å². The molecule has 172 valence electrons. The minimum atomic E-state index is -0.775. The van der Waals surface area contributed by atoms with Crippen molar-refractivity contribution in [1.82, 2.24) is 20.5 Å². The molecular formula is C24H32N4O3S. The molecule has 1 fully saturated rings. The van der Waals surface area contributed by atoms with E-state index in [4.69, 9.17) is 0 Å². The summed E-state index contributed by atoms with van der Waals surface area (Å²) >= 11 is 1.32. The molecule has 0 aromatic carbocycles. The average Bonchev–Trinajstić information content (AvgIpc) is 3.36. The van der Waals surface area contributed by atoms with Gasteiger partial charge in [0.1, 0.15) is 6.04 Å². The first-order valence-corrected chi connectivity index (χ1v) is 12.3. The van der Waals surface area contributed by atoms with Crippen LogP contribution in [0.4, 0.5) is 0 Å². The number of carbonyl (C=O) groups is 3. The predicted octanol–water partition coefficient (Wildman–Crippen LogP) is 3.69. The molecule has 32 heavy (non-hydrogen) atoms. The molecule has 1 aliphatic rings. The monoisotopic (exact) mass is 456 g/mol. The van der Waals surface area contributed by atoms with Crippen LogP contribution in [0.1, 0.15) is 73.1 Å². The van der Waals surface area contributed by atoms with Crippen LogP contribution in [0.25, 0.3) is 0 Å². The number of hydrogen-bond donors (Lipinski definition) is 2. The summed E-state index contributed by atoms with van der Waals surface area (Å²) < 4.78 is 0. The van der Waals surface area contributed by atoms with Gasteiger partial charge in [0.25, 0.3) is 5.91 Å². The van der Waals surface area contributed by atoms with E-state index in [1.165, 1.54) is 17.8 Å². The number of amides is 3. The van der Waals surface area contributed by atoms with E-state index >= 15 is 0 Å². The van der Waals surface area contributed by atoms with Crippen LogP contribution in [0.3, 0.4) is 0 Å². The second-order valence-corrected chi connectivity index (χ2v) is 9.08. The standard InChI is InChI=1S/C24H32N4O3S/c1-2-3-14-28(21(29)17-26-23(30)20-12-8-15-32-20)22(18-9-7-13-25-16-18)24(31)27-19-10-5-4-6-11-19/h7-9,12-13,15-16,19,22H,2-6,10-11,14,17H2,1H3,(H,26,30)(H,27,31)/t22-/m0/s1. The van der Waals surface area contributed by atoms with Crippen LogP contribution in [-0.4, -0.2) is 46.7 Å². The van der Waals surface area contributed by atoms with Crippen molar-refractivity contribution in [3.63, 3.8) is 0 Å². The maximum atomic E-state index is 13.4. The number of pyridine rings is 1. The quantitative estimate of drug-likeness (QED) is 0.570. The predicted molar refractivity (Wildman–Crippen MR) is 125 cm³/mol. The Labute approximate surface area is 193 Å². The molecule has 8 heteroatoms. The van der Waals surface area contributed by atoms with Crippen molar-refractivity contribution in [1.29, 1.82) is 0 Å². The topological polar surface area (TPSA) is 91.4 Å². The van der Waals surface area contributed by atoms with E-state index in [2.05, 4.69) is 15.6 Å². The number of nitrogens with one attached hydrogen (secondary N) is 2. The van der Waals surface area contributed by atoms with Crippen LogP contribution in [0.15, 0.2) is 42.0 Å². The molecule has 0 saturated heterocycles. The molecule has 7 nitrogen and oxygen atoms in total. The number of carbonyl (C=O) groups excluding carboxylic acids is 3. The molecule has 2 aromatic rings. The summed E-state index contributed by atoms with van der Waals surface area (Å²) in [6, 6.07) is 6.48. The third kappa shape index (κ3) is 6.63. The van der Waals surface area contributed by atoms with Gasteiger partial charge in [-0.3, -0.25) is 19.4 Å². The van der Waals surface area contributed by atoms with Gasteiger partial charge in [-0.2, -0.15) is 0 Å². The summed E-state index contributed by atoms with van der Waals surface area (Å²) in [5, 5.41) is 7.69. The van der Waals surface area contributed by atoms with Crippen molar-refractivity contribution in [3.05, 3.63) is 52.5 Å². The van der Waals surface area contributed by atoms with Crippen LogP contribution < -0.4 is 10.6 Å². The minimum Gasteiger partial charge on any atom is -0.351 e. The van der Waals surface area contributed by atoms with Gasteiger partial charge in [0.05, 0.1) is 11.4 Å². The molecule has 0 bridgehead atoms. The highest BCUT2D eigenvalue weighted by Crippen LogP contribution is 2.24. The number of thiophene rings is 1. The zero-order chi connectivity index (χ0) is 22.8. The Balaban J connectivity index is 1.78. The second kappa shape index (κ2) is 12.3. The van der Waals surface area contributed by atoms with Gasteiger partial charge in [-0.15, -0.1) is 11.3 Å². The Bertz CT molecular complexity index is 867. The molecule has 2 heterocycles. The van der Waals surface area contributed by atoms with Gasteiger partial charge in [0.2, 0.25) is 11.8 Å². The van der Waals surface area contributed by atoms with E-state index in [1.807, 2.05) is 18.4 Å². The molecule has 0 aliphatic heterocycles. The fourth-order valence-electron chi connectivity index (χ4n) is 4.02. The Morgan fingerprint density at radius 2 is 2.00 bits per heavy atom. The van der Waals surface area contributed by atoms with Gasteiger partial charge in [-0.1, -0.05) is 44.7 Å². The van der Waals surface area contributed by atoms with E-state index in [9.17, 15) is 14.4 Å². The first kappa shape index (κ1) is 23.9. The van der Waals surface area contributed by atoms with Crippen molar-refractivity contribution < 1.29 is 14.4 Å². The fourth-order valence-corrected chi connectivity index (χ4v) is 4.66. The Hall–Kier alpha value is -2.74. The summed E-state index contributed by atoms with van der Waals surface area (Å²) in [7, 11) is 0. The lowest BCUT2D eigenvalue weighted by Crippen LogP contribution is -2.49. The molecular weight excluding hydrogens is 424 g/mol. The number of aromatic nitrogens is 1. The zero-order valence-electron chi connectivity index (χ0n) is 18.6. The van der Waals surface area contributed by atoms with E-state index < -0.39 is 6.04 Å². The number of rotatable bonds is 10. The van der Waals surface area contributed by atoms with Gasteiger partial charge >= 0.3 is 0 Å². The molecule has 2 aromatic heterocycles. The Morgan fingerprint density at radius 3 is 2.66 bits per heavy atom. The number of unbranched alkanes of at least 4 members (excludes halogenated alkanes) is 1. The molecule has 0 radical (unpaired) electrons. The summed E-state index contributed by atoms with van der Waals surface area (Å²) in [5.41, 5.74) is 0.676. The first-order chi connectivity index (χ1) is 15.6. The second-order valence-electron chi connectivity index (χ2n) is 8.13. The number of nitrogens with zero attached hydrogens (tertiary/aromatic N) is 2. The SMILES string of the molecule is CCCCN(C(=O)CNC(=O)c1cccs1)[C@H](C(=O)NC1CCCCC1)c1cccnc1. The van der Waals surface area contributed by atoms with E-state index in [0.717, 1.165) is 38.5 Å². The van der Waals surface area contributed by atoms with Crippen molar-refractivity contribution >= 4 is 29.1 Å². The van der Waals surface area contributed by atoms with Crippen LogP contribution in [0.2, 0.25) is 0 Å². The van der Waals surface area contributed by atoms with Crippen LogP contribution in [-0.2, 0) is 9.59 Å². The van der Waals surface area contributed by atoms with Crippen molar-refractivity contribution in [2.45, 2.75) is 64.0 Å². The highest BCUT2D eigenvalue weighted by Gasteiger charge is 2.32. The molecule has 1 aliphatic carbocycles. The van der Waals surface area contributed by atoms with Gasteiger partial charge in [-0.05, 0) is 36.8 Å². The molecule has 3 amide bonds. The van der Waals surface area contributed by atoms with Crippen molar-refractivity contribution in [3.8, 4) is 0 Å². The third-order valence-electron chi connectivity index (χ3n) is 5.73.